The molecule has 2 N–H and O–H groups in total. The summed E-state index contributed by atoms with van der Waals surface area (Å²) in [5.74, 6) is 2.61. The summed E-state index contributed by atoms with van der Waals surface area (Å²) in [5.41, 5.74) is 0. The standard InChI is InChI=1S/C16H31N7/c1-4-15-21-20-13-23(15)10-8-18-16(17-5-2)19-11-14-7-6-9-22(3)12-14/h13-14H,4-12H2,1-3H3,(H2,17,18,19). The van der Waals surface area contributed by atoms with E-state index in [9.17, 15) is 0 Å². The Kier molecular flexibility index (Phi) is 7.32. The first-order chi connectivity index (χ1) is 11.2. The molecule has 1 unspecified atom stereocenters. The Morgan fingerprint density at radius 1 is 1.39 bits per heavy atom. The van der Waals surface area contributed by atoms with E-state index >= 15 is 0 Å². The van der Waals surface area contributed by atoms with Gasteiger partial charge in [-0.05, 0) is 39.3 Å². The summed E-state index contributed by atoms with van der Waals surface area (Å²) in [5, 5.41) is 14.8. The van der Waals surface area contributed by atoms with Gasteiger partial charge in [0.15, 0.2) is 5.96 Å². The van der Waals surface area contributed by atoms with E-state index < -0.39 is 0 Å². The molecule has 7 nitrogen and oxygen atoms in total. The Morgan fingerprint density at radius 3 is 3.00 bits per heavy atom. The van der Waals surface area contributed by atoms with Crippen LogP contribution in [0.5, 0.6) is 0 Å². The van der Waals surface area contributed by atoms with E-state index in [2.05, 4.69) is 51.2 Å². The summed E-state index contributed by atoms with van der Waals surface area (Å²) in [6.45, 7) is 10.0. The lowest BCUT2D eigenvalue weighted by atomic mass is 9.99. The molecule has 2 rings (SSSR count). The first-order valence-corrected chi connectivity index (χ1v) is 8.80. The van der Waals surface area contributed by atoms with Crippen LogP contribution >= 0.6 is 0 Å². The first kappa shape index (κ1) is 17.7. The van der Waals surface area contributed by atoms with Crippen LogP contribution < -0.4 is 10.6 Å². The minimum Gasteiger partial charge on any atom is -0.357 e. The smallest absolute Gasteiger partial charge is 0.191 e. The Bertz CT molecular complexity index is 483. The molecule has 0 saturated carbocycles. The van der Waals surface area contributed by atoms with Crippen molar-refractivity contribution in [1.29, 1.82) is 0 Å². The Labute approximate surface area is 139 Å². The molecule has 1 fully saturated rings. The van der Waals surface area contributed by atoms with Crippen molar-refractivity contribution in [2.75, 3.05) is 39.8 Å². The predicted octanol–water partition coefficient (Wildman–Crippen LogP) is 0.737. The number of guanidine groups is 1. The quantitative estimate of drug-likeness (QED) is 0.572. The van der Waals surface area contributed by atoms with Crippen LogP contribution in [0.3, 0.4) is 0 Å². The van der Waals surface area contributed by atoms with Crippen LogP contribution in [0.1, 0.15) is 32.5 Å². The molecule has 0 aromatic carbocycles. The second kappa shape index (κ2) is 9.50. The fourth-order valence-corrected chi connectivity index (χ4v) is 3.02. The van der Waals surface area contributed by atoms with Gasteiger partial charge in [0.25, 0.3) is 0 Å². The number of nitrogens with zero attached hydrogens (tertiary/aromatic N) is 5. The fraction of sp³-hybridized carbons (Fsp3) is 0.812. The maximum absolute atomic E-state index is 4.76. The van der Waals surface area contributed by atoms with Crippen LogP contribution in [0.15, 0.2) is 11.3 Å². The minimum absolute atomic E-state index is 0.675. The number of aryl methyl sites for hydroxylation is 1. The molecular formula is C16H31N7. The summed E-state index contributed by atoms with van der Waals surface area (Å²) in [6, 6.07) is 0. The first-order valence-electron chi connectivity index (χ1n) is 8.80. The second-order valence-electron chi connectivity index (χ2n) is 6.21. The lowest BCUT2D eigenvalue weighted by molar-refractivity contribution is 0.214. The molecule has 1 aliphatic rings. The zero-order chi connectivity index (χ0) is 16.5. The number of hydrogen-bond donors (Lipinski definition) is 2. The topological polar surface area (TPSA) is 70.4 Å². The highest BCUT2D eigenvalue weighted by Crippen LogP contribution is 2.14. The van der Waals surface area contributed by atoms with Gasteiger partial charge in [-0.25, -0.2) is 0 Å². The maximum Gasteiger partial charge on any atom is 0.191 e. The van der Waals surface area contributed by atoms with E-state index in [-0.39, 0.29) is 0 Å². The third-order valence-electron chi connectivity index (χ3n) is 4.23. The van der Waals surface area contributed by atoms with Crippen LogP contribution in [0, 0.1) is 5.92 Å². The van der Waals surface area contributed by atoms with Crippen molar-refractivity contribution in [2.45, 2.75) is 39.7 Å². The van der Waals surface area contributed by atoms with Crippen molar-refractivity contribution in [2.24, 2.45) is 10.9 Å². The number of aliphatic imine (C=N–C) groups is 1. The summed E-state index contributed by atoms with van der Waals surface area (Å²) >= 11 is 0. The van der Waals surface area contributed by atoms with Gasteiger partial charge in [0.1, 0.15) is 12.2 Å². The Balaban J connectivity index is 1.79. The van der Waals surface area contributed by atoms with Crippen molar-refractivity contribution in [1.82, 2.24) is 30.3 Å². The lowest BCUT2D eigenvalue weighted by Crippen LogP contribution is -2.40. The highest BCUT2D eigenvalue weighted by molar-refractivity contribution is 5.79. The van der Waals surface area contributed by atoms with Gasteiger partial charge < -0.3 is 20.1 Å². The molecule has 1 atom stereocenters. The van der Waals surface area contributed by atoms with Gasteiger partial charge in [-0.2, -0.15) is 0 Å². The van der Waals surface area contributed by atoms with E-state index in [1.165, 1.54) is 19.4 Å². The molecular weight excluding hydrogens is 290 g/mol. The summed E-state index contributed by atoms with van der Waals surface area (Å²) in [4.78, 5) is 7.17. The Hall–Kier alpha value is -1.63. The average Bonchev–Trinajstić information content (AvgIpc) is 3.00. The number of likely N-dealkylation sites (tertiary alicyclic amines) is 1. The van der Waals surface area contributed by atoms with E-state index in [4.69, 9.17) is 4.99 Å². The van der Waals surface area contributed by atoms with Gasteiger partial charge in [0.2, 0.25) is 0 Å². The van der Waals surface area contributed by atoms with Crippen molar-refractivity contribution in [3.63, 3.8) is 0 Å². The highest BCUT2D eigenvalue weighted by atomic mass is 15.3. The molecule has 1 aromatic heterocycles. The van der Waals surface area contributed by atoms with E-state index in [0.717, 1.165) is 50.9 Å². The number of hydrogen-bond acceptors (Lipinski definition) is 4. The largest absolute Gasteiger partial charge is 0.357 e. The van der Waals surface area contributed by atoms with E-state index in [1.54, 1.807) is 6.33 Å². The number of aromatic nitrogens is 3. The zero-order valence-electron chi connectivity index (χ0n) is 14.8. The average molecular weight is 321 g/mol. The minimum atomic E-state index is 0.675. The lowest BCUT2D eigenvalue weighted by Gasteiger charge is -2.28. The highest BCUT2D eigenvalue weighted by Gasteiger charge is 2.16. The molecule has 0 spiro atoms. The molecule has 0 bridgehead atoms. The van der Waals surface area contributed by atoms with Gasteiger partial charge in [-0.1, -0.05) is 6.92 Å². The van der Waals surface area contributed by atoms with Gasteiger partial charge in [-0.3, -0.25) is 4.99 Å². The second-order valence-corrected chi connectivity index (χ2v) is 6.21. The molecule has 23 heavy (non-hydrogen) atoms. The predicted molar refractivity (Wildman–Crippen MR) is 93.6 cm³/mol. The van der Waals surface area contributed by atoms with Crippen LogP contribution in [-0.2, 0) is 13.0 Å². The molecule has 0 aliphatic carbocycles. The number of nitrogens with one attached hydrogen (secondary N) is 2. The molecule has 1 aliphatic heterocycles. The summed E-state index contributed by atoms with van der Waals surface area (Å²) < 4.78 is 2.09. The number of piperidine rings is 1. The molecule has 0 radical (unpaired) electrons. The molecule has 1 aromatic rings. The van der Waals surface area contributed by atoms with E-state index in [1.807, 2.05) is 0 Å². The maximum atomic E-state index is 4.76. The van der Waals surface area contributed by atoms with Gasteiger partial charge in [-0.15, -0.1) is 10.2 Å². The third-order valence-corrected chi connectivity index (χ3v) is 4.23. The molecule has 1 saturated heterocycles. The fourth-order valence-electron chi connectivity index (χ4n) is 3.02. The van der Waals surface area contributed by atoms with Gasteiger partial charge in [0.05, 0.1) is 0 Å². The van der Waals surface area contributed by atoms with Crippen molar-refractivity contribution in [3.05, 3.63) is 12.2 Å². The molecule has 130 valence electrons. The third kappa shape index (κ3) is 5.82. The summed E-state index contributed by atoms with van der Waals surface area (Å²) in [7, 11) is 2.20. The monoisotopic (exact) mass is 321 g/mol. The SMILES string of the molecule is CCNC(=NCC1CCCN(C)C1)NCCn1cnnc1CC. The molecule has 2 heterocycles. The summed E-state index contributed by atoms with van der Waals surface area (Å²) in [6.07, 6.45) is 5.27. The van der Waals surface area contributed by atoms with Crippen LogP contribution in [0.2, 0.25) is 0 Å². The zero-order valence-corrected chi connectivity index (χ0v) is 14.8. The van der Waals surface area contributed by atoms with Gasteiger partial charge >= 0.3 is 0 Å². The molecule has 0 amide bonds. The van der Waals surface area contributed by atoms with Crippen molar-refractivity contribution < 1.29 is 0 Å². The number of rotatable bonds is 7. The molecule has 7 heteroatoms. The van der Waals surface area contributed by atoms with Crippen molar-refractivity contribution in [3.8, 4) is 0 Å². The van der Waals surface area contributed by atoms with Crippen LogP contribution in [-0.4, -0.2) is 65.4 Å². The van der Waals surface area contributed by atoms with Crippen molar-refractivity contribution >= 4 is 5.96 Å². The van der Waals surface area contributed by atoms with Gasteiger partial charge in [0, 0.05) is 39.1 Å². The normalized spacial score (nSPS) is 19.8. The van der Waals surface area contributed by atoms with Crippen LogP contribution in [0.4, 0.5) is 0 Å². The van der Waals surface area contributed by atoms with E-state index in [0.29, 0.717) is 5.92 Å². The Morgan fingerprint density at radius 2 is 2.26 bits per heavy atom. The van der Waals surface area contributed by atoms with Crippen LogP contribution in [0.25, 0.3) is 0 Å².